The lowest BCUT2D eigenvalue weighted by atomic mass is 10.1. The lowest BCUT2D eigenvalue weighted by molar-refractivity contribution is 0.0694. The van der Waals surface area contributed by atoms with Crippen LogP contribution < -0.4 is 9.64 Å². The lowest BCUT2D eigenvalue weighted by Gasteiger charge is -2.18. The second kappa shape index (κ2) is 9.78. The van der Waals surface area contributed by atoms with Crippen molar-refractivity contribution in [2.24, 2.45) is 0 Å². The molecule has 0 amide bonds. The zero-order valence-electron chi connectivity index (χ0n) is 16.4. The molecule has 1 aromatic heterocycles. The first-order valence-electron chi connectivity index (χ1n) is 9.36. The van der Waals surface area contributed by atoms with E-state index in [1.54, 1.807) is 42.3 Å². The summed E-state index contributed by atoms with van der Waals surface area (Å²) in [7, 11) is 1.74. The topological polar surface area (TPSA) is 75.5 Å². The first-order chi connectivity index (χ1) is 14.4. The lowest BCUT2D eigenvalue weighted by Crippen LogP contribution is -2.26. The summed E-state index contributed by atoms with van der Waals surface area (Å²) in [6.45, 7) is 0.574. The average Bonchev–Trinajstić information content (AvgIpc) is 2.74. The number of likely N-dealkylation sites (N-methyl/N-ethyl adjacent to an activating group) is 1. The van der Waals surface area contributed by atoms with Gasteiger partial charge in [0.05, 0.1) is 17.8 Å². The van der Waals surface area contributed by atoms with Gasteiger partial charge in [-0.3, -0.25) is 0 Å². The number of aryl methyl sites for hydroxylation is 2. The molecule has 3 rings (SSSR count). The van der Waals surface area contributed by atoms with E-state index in [1.165, 1.54) is 24.4 Å². The van der Waals surface area contributed by atoms with Crippen molar-refractivity contribution in [1.82, 2.24) is 9.97 Å². The highest BCUT2D eigenvalue weighted by molar-refractivity contribution is 5.88. The summed E-state index contributed by atoms with van der Waals surface area (Å²) in [5.74, 6) is -1.38. The van der Waals surface area contributed by atoms with Crippen molar-refractivity contribution in [3.8, 4) is 5.75 Å². The molecule has 8 heteroatoms. The predicted molar refractivity (Wildman–Crippen MR) is 108 cm³/mol. The van der Waals surface area contributed by atoms with E-state index in [0.717, 1.165) is 5.56 Å². The fourth-order valence-corrected chi connectivity index (χ4v) is 2.83. The minimum atomic E-state index is -1.11. The van der Waals surface area contributed by atoms with Gasteiger partial charge in [-0.25, -0.2) is 23.5 Å². The van der Waals surface area contributed by atoms with Gasteiger partial charge in [0.15, 0.2) is 11.6 Å². The van der Waals surface area contributed by atoms with E-state index < -0.39 is 11.8 Å². The number of anilines is 1. The Balaban J connectivity index is 1.66. The number of carboxylic acids is 1. The Kier molecular flexibility index (Phi) is 6.90. The van der Waals surface area contributed by atoms with Crippen LogP contribution in [0.25, 0.3) is 0 Å². The molecule has 0 spiro atoms. The van der Waals surface area contributed by atoms with E-state index in [-0.39, 0.29) is 23.7 Å². The van der Waals surface area contributed by atoms with Crippen LogP contribution in [-0.2, 0) is 12.8 Å². The molecule has 156 valence electrons. The second-order valence-corrected chi connectivity index (χ2v) is 6.66. The molecule has 6 nitrogen and oxygen atoms in total. The van der Waals surface area contributed by atoms with Crippen LogP contribution in [0.2, 0.25) is 0 Å². The van der Waals surface area contributed by atoms with Gasteiger partial charge in [-0.15, -0.1) is 0 Å². The number of aromatic carboxylic acids is 1. The minimum Gasteiger partial charge on any atom is -0.489 e. The number of aromatic nitrogens is 2. The predicted octanol–water partition coefficient (Wildman–Crippen LogP) is 3.75. The molecule has 0 aliphatic carbocycles. The molecule has 30 heavy (non-hydrogen) atoms. The summed E-state index contributed by atoms with van der Waals surface area (Å²) in [5, 5.41) is 9.42. The maximum absolute atomic E-state index is 13.6. The van der Waals surface area contributed by atoms with Crippen molar-refractivity contribution in [3.05, 3.63) is 83.2 Å². The molecule has 1 heterocycles. The number of benzene rings is 2. The Bertz CT molecular complexity index is 1010. The van der Waals surface area contributed by atoms with Gasteiger partial charge in [-0.1, -0.05) is 24.3 Å². The second-order valence-electron chi connectivity index (χ2n) is 6.66. The van der Waals surface area contributed by atoms with E-state index in [4.69, 9.17) is 4.74 Å². The van der Waals surface area contributed by atoms with Crippen molar-refractivity contribution in [1.29, 1.82) is 0 Å². The third-order valence-electron chi connectivity index (χ3n) is 4.51. The highest BCUT2D eigenvalue weighted by Crippen LogP contribution is 2.17. The van der Waals surface area contributed by atoms with Gasteiger partial charge >= 0.3 is 5.97 Å². The minimum absolute atomic E-state index is 0.0249. The van der Waals surface area contributed by atoms with Gasteiger partial charge in [0.1, 0.15) is 12.4 Å². The Morgan fingerprint density at radius 3 is 2.53 bits per heavy atom. The normalized spacial score (nSPS) is 10.6. The van der Waals surface area contributed by atoms with E-state index in [9.17, 15) is 18.7 Å². The van der Waals surface area contributed by atoms with Crippen molar-refractivity contribution in [2.75, 3.05) is 25.1 Å². The third-order valence-corrected chi connectivity index (χ3v) is 4.51. The summed E-state index contributed by atoms with van der Waals surface area (Å²) < 4.78 is 32.1. The summed E-state index contributed by atoms with van der Waals surface area (Å²) in [4.78, 5) is 21.7. The van der Waals surface area contributed by atoms with Crippen LogP contribution in [0.4, 0.5) is 14.7 Å². The zero-order chi connectivity index (χ0) is 21.5. The molecule has 0 bridgehead atoms. The van der Waals surface area contributed by atoms with E-state index in [2.05, 4.69) is 9.97 Å². The third kappa shape index (κ3) is 5.50. The summed E-state index contributed by atoms with van der Waals surface area (Å²) in [5.41, 5.74) is 1.29. The highest BCUT2D eigenvalue weighted by atomic mass is 19.1. The van der Waals surface area contributed by atoms with Gasteiger partial charge in [0.2, 0.25) is 5.95 Å². The Hall–Kier alpha value is -3.55. The molecule has 0 aliphatic rings. The molecule has 1 N–H and O–H groups in total. The molecule has 0 saturated carbocycles. The number of ether oxygens (including phenoxy) is 1. The van der Waals surface area contributed by atoms with Crippen LogP contribution in [0, 0.1) is 11.6 Å². The monoisotopic (exact) mass is 413 g/mol. The van der Waals surface area contributed by atoms with Gasteiger partial charge in [-0.2, -0.15) is 0 Å². The van der Waals surface area contributed by atoms with Crippen molar-refractivity contribution in [2.45, 2.75) is 12.8 Å². The first kappa shape index (κ1) is 21.2. The van der Waals surface area contributed by atoms with Crippen LogP contribution >= 0.6 is 0 Å². The number of rotatable bonds is 9. The maximum atomic E-state index is 13.6. The molecule has 0 aliphatic heterocycles. The van der Waals surface area contributed by atoms with Crippen LogP contribution in [-0.4, -0.2) is 41.2 Å². The fraction of sp³-hybridized carbons (Fsp3) is 0.227. The summed E-state index contributed by atoms with van der Waals surface area (Å²) in [6.07, 6.45) is 2.15. The average molecular weight is 413 g/mol. The number of carbonyl (C=O) groups is 1. The molecule has 0 fully saturated rings. The van der Waals surface area contributed by atoms with Crippen LogP contribution in [0.15, 0.2) is 54.7 Å². The van der Waals surface area contributed by atoms with Gasteiger partial charge < -0.3 is 14.7 Å². The molecule has 3 aromatic rings. The Morgan fingerprint density at radius 2 is 1.83 bits per heavy atom. The van der Waals surface area contributed by atoms with Crippen LogP contribution in [0.3, 0.4) is 0 Å². The first-order valence-corrected chi connectivity index (χ1v) is 9.36. The zero-order valence-corrected chi connectivity index (χ0v) is 16.4. The van der Waals surface area contributed by atoms with Crippen LogP contribution in [0.1, 0.15) is 21.6 Å². The number of carboxylic acid groups (broad SMARTS) is 1. The largest absolute Gasteiger partial charge is 0.489 e. The highest BCUT2D eigenvalue weighted by Gasteiger charge is 2.16. The molecule has 0 atom stereocenters. The molecular weight excluding hydrogens is 392 g/mol. The van der Waals surface area contributed by atoms with Crippen LogP contribution in [0.5, 0.6) is 5.75 Å². The quantitative estimate of drug-likeness (QED) is 0.576. The van der Waals surface area contributed by atoms with Crippen molar-refractivity contribution in [3.63, 3.8) is 0 Å². The van der Waals surface area contributed by atoms with Crippen molar-refractivity contribution < 1.29 is 23.4 Å². The summed E-state index contributed by atoms with van der Waals surface area (Å²) >= 11 is 0. The molecule has 0 unspecified atom stereocenters. The van der Waals surface area contributed by atoms with Gasteiger partial charge in [0, 0.05) is 13.2 Å². The molecular formula is C22H21F2N3O3. The molecule has 0 saturated heterocycles. The Morgan fingerprint density at radius 1 is 1.10 bits per heavy atom. The number of nitrogens with zero attached hydrogens (tertiary/aromatic N) is 3. The van der Waals surface area contributed by atoms with Gasteiger partial charge in [0.25, 0.3) is 0 Å². The number of hydrogen-bond acceptors (Lipinski definition) is 5. The van der Waals surface area contributed by atoms with E-state index >= 15 is 0 Å². The number of para-hydroxylation sites is 1. The Labute approximate surface area is 172 Å². The number of hydrogen-bond donors (Lipinski definition) is 1. The fourth-order valence-electron chi connectivity index (χ4n) is 2.83. The number of halogens is 2. The maximum Gasteiger partial charge on any atom is 0.339 e. The van der Waals surface area contributed by atoms with Gasteiger partial charge in [-0.05, 0) is 42.7 Å². The summed E-state index contributed by atoms with van der Waals surface area (Å²) in [6, 6.07) is 12.2. The molecule has 2 aromatic carbocycles. The standard InChI is InChI=1S/C22H21F2N3O3/c1-27(12-13-30-20-5-3-2-4-18(20)24)22-25-14-17(21(28)29)19(26-22)11-8-15-6-9-16(23)10-7-15/h2-7,9-10,14H,8,11-13H2,1H3,(H,28,29). The SMILES string of the molecule is CN(CCOc1ccccc1F)c1ncc(C(=O)O)c(CCc2ccc(F)cc2)n1. The van der Waals surface area contributed by atoms with E-state index in [1.807, 2.05) is 0 Å². The smallest absolute Gasteiger partial charge is 0.339 e. The van der Waals surface area contributed by atoms with E-state index in [0.29, 0.717) is 31.0 Å². The van der Waals surface area contributed by atoms with Crippen molar-refractivity contribution >= 4 is 11.9 Å². The molecule has 0 radical (unpaired) electrons.